The fourth-order valence-electron chi connectivity index (χ4n) is 1.75. The van der Waals surface area contributed by atoms with Gasteiger partial charge in [-0.1, -0.05) is 13.3 Å². The molecule has 0 aliphatic carbocycles. The van der Waals surface area contributed by atoms with Gasteiger partial charge in [0, 0.05) is 19.1 Å². The zero-order chi connectivity index (χ0) is 8.10. The van der Waals surface area contributed by atoms with E-state index in [4.69, 9.17) is 0 Å². The average Bonchev–Trinajstić information content (AvgIpc) is 2.18. The first-order chi connectivity index (χ1) is 5.34. The normalized spacial score (nSPS) is 28.4. The molecule has 1 aliphatic rings. The summed E-state index contributed by atoms with van der Waals surface area (Å²) < 4.78 is 0. The number of nitrogens with one attached hydrogen (secondary N) is 1. The minimum Gasteiger partial charge on any atom is -0.315 e. The summed E-state index contributed by atoms with van der Waals surface area (Å²) in [6.07, 6.45) is 4.00. The van der Waals surface area contributed by atoms with E-state index in [-0.39, 0.29) is 0 Å². The minimum absolute atomic E-state index is 0.829. The van der Waals surface area contributed by atoms with Crippen molar-refractivity contribution in [1.82, 2.24) is 10.2 Å². The van der Waals surface area contributed by atoms with Crippen LogP contribution in [-0.4, -0.2) is 37.6 Å². The van der Waals surface area contributed by atoms with Crippen LogP contribution in [0.25, 0.3) is 0 Å². The quantitative estimate of drug-likeness (QED) is 0.643. The Hall–Kier alpha value is -0.0800. The van der Waals surface area contributed by atoms with Crippen LogP contribution < -0.4 is 5.32 Å². The van der Waals surface area contributed by atoms with Crippen LogP contribution >= 0.6 is 0 Å². The topological polar surface area (TPSA) is 15.3 Å². The summed E-state index contributed by atoms with van der Waals surface area (Å²) in [6, 6.07) is 0.829. The third-order valence-corrected chi connectivity index (χ3v) is 2.54. The fraction of sp³-hybridized carbons (Fsp3) is 1.00. The Labute approximate surface area is 70.0 Å². The van der Waals surface area contributed by atoms with Crippen molar-refractivity contribution in [3.05, 3.63) is 0 Å². The summed E-state index contributed by atoms with van der Waals surface area (Å²) in [5, 5.41) is 3.42. The van der Waals surface area contributed by atoms with Gasteiger partial charge < -0.3 is 10.2 Å². The van der Waals surface area contributed by atoms with Gasteiger partial charge in [-0.25, -0.2) is 0 Å². The van der Waals surface area contributed by atoms with E-state index < -0.39 is 0 Å². The molecule has 0 aromatic rings. The number of hydrogen-bond acceptors (Lipinski definition) is 2. The van der Waals surface area contributed by atoms with Crippen LogP contribution in [0.5, 0.6) is 0 Å². The predicted octanol–water partition coefficient (Wildman–Crippen LogP) is 1.08. The third-order valence-electron chi connectivity index (χ3n) is 2.54. The lowest BCUT2D eigenvalue weighted by Gasteiger charge is -2.24. The van der Waals surface area contributed by atoms with Crippen molar-refractivity contribution in [2.75, 3.05) is 26.7 Å². The van der Waals surface area contributed by atoms with Crippen molar-refractivity contribution in [2.45, 2.75) is 32.2 Å². The molecule has 1 N–H and O–H groups in total. The highest BCUT2D eigenvalue weighted by Gasteiger charge is 2.15. The highest BCUT2D eigenvalue weighted by atomic mass is 15.2. The van der Waals surface area contributed by atoms with E-state index in [2.05, 4.69) is 24.2 Å². The van der Waals surface area contributed by atoms with Gasteiger partial charge in [-0.15, -0.1) is 0 Å². The van der Waals surface area contributed by atoms with Gasteiger partial charge in [0.25, 0.3) is 0 Å². The second-order valence-electron chi connectivity index (χ2n) is 3.46. The van der Waals surface area contributed by atoms with Crippen molar-refractivity contribution in [3.8, 4) is 0 Å². The molecule has 1 saturated heterocycles. The zero-order valence-corrected chi connectivity index (χ0v) is 7.77. The number of nitrogens with zero attached hydrogens (tertiary/aromatic N) is 1. The van der Waals surface area contributed by atoms with Crippen molar-refractivity contribution in [1.29, 1.82) is 0 Å². The number of likely N-dealkylation sites (N-methyl/N-ethyl adjacent to an activating group) is 1. The Kier molecular flexibility index (Phi) is 3.87. The summed E-state index contributed by atoms with van der Waals surface area (Å²) in [4.78, 5) is 2.49. The summed E-state index contributed by atoms with van der Waals surface area (Å²) >= 11 is 0. The molecule has 1 aliphatic heterocycles. The molecular weight excluding hydrogens is 136 g/mol. The van der Waals surface area contributed by atoms with Gasteiger partial charge in [0.1, 0.15) is 0 Å². The lowest BCUT2D eigenvalue weighted by atomic mass is 10.1. The molecule has 0 radical (unpaired) electrons. The maximum Gasteiger partial charge on any atom is 0.0107 e. The summed E-state index contributed by atoms with van der Waals surface area (Å²) in [5.74, 6) is 0. The highest BCUT2D eigenvalue weighted by molar-refractivity contribution is 4.73. The first kappa shape index (κ1) is 9.01. The number of hydrogen-bond donors (Lipinski definition) is 1. The smallest absolute Gasteiger partial charge is 0.0107 e. The largest absolute Gasteiger partial charge is 0.315 e. The average molecular weight is 156 g/mol. The fourth-order valence-corrected chi connectivity index (χ4v) is 1.75. The SMILES string of the molecule is CCC[C@@H]1CCNCCN1C. The van der Waals surface area contributed by atoms with Crippen molar-refractivity contribution < 1.29 is 0 Å². The summed E-state index contributed by atoms with van der Waals surface area (Å²) in [7, 11) is 2.24. The molecule has 1 rings (SSSR count). The lowest BCUT2D eigenvalue weighted by Crippen LogP contribution is -2.32. The van der Waals surface area contributed by atoms with E-state index in [0.717, 1.165) is 12.6 Å². The molecule has 2 heteroatoms. The van der Waals surface area contributed by atoms with Crippen molar-refractivity contribution in [2.24, 2.45) is 0 Å². The first-order valence-electron chi connectivity index (χ1n) is 4.75. The van der Waals surface area contributed by atoms with E-state index >= 15 is 0 Å². The highest BCUT2D eigenvalue weighted by Crippen LogP contribution is 2.09. The Balaban J connectivity index is 2.32. The molecule has 0 bridgehead atoms. The van der Waals surface area contributed by atoms with Crippen LogP contribution in [0.1, 0.15) is 26.2 Å². The van der Waals surface area contributed by atoms with Gasteiger partial charge >= 0.3 is 0 Å². The van der Waals surface area contributed by atoms with Gasteiger partial charge in [0.15, 0.2) is 0 Å². The third kappa shape index (κ3) is 2.80. The minimum atomic E-state index is 0.829. The first-order valence-corrected chi connectivity index (χ1v) is 4.75. The second-order valence-corrected chi connectivity index (χ2v) is 3.46. The van der Waals surface area contributed by atoms with Gasteiger partial charge in [0.05, 0.1) is 0 Å². The molecule has 0 unspecified atom stereocenters. The molecule has 0 amide bonds. The predicted molar refractivity (Wildman–Crippen MR) is 48.8 cm³/mol. The summed E-state index contributed by atoms with van der Waals surface area (Å²) in [5.41, 5.74) is 0. The van der Waals surface area contributed by atoms with Crippen LogP contribution in [0.4, 0.5) is 0 Å². The van der Waals surface area contributed by atoms with Crippen LogP contribution in [0.3, 0.4) is 0 Å². The monoisotopic (exact) mass is 156 g/mol. The Morgan fingerprint density at radius 1 is 1.45 bits per heavy atom. The Morgan fingerprint density at radius 2 is 2.27 bits per heavy atom. The maximum absolute atomic E-state index is 3.42. The van der Waals surface area contributed by atoms with Gasteiger partial charge in [-0.2, -0.15) is 0 Å². The van der Waals surface area contributed by atoms with Gasteiger partial charge in [0.2, 0.25) is 0 Å². The van der Waals surface area contributed by atoms with Crippen LogP contribution in [0.2, 0.25) is 0 Å². The molecule has 1 atom stereocenters. The molecule has 1 heterocycles. The molecule has 0 aromatic heterocycles. The molecule has 0 aromatic carbocycles. The van der Waals surface area contributed by atoms with E-state index in [9.17, 15) is 0 Å². The molecular formula is C9H20N2. The number of rotatable bonds is 2. The van der Waals surface area contributed by atoms with E-state index in [1.165, 1.54) is 32.4 Å². The zero-order valence-electron chi connectivity index (χ0n) is 7.77. The molecule has 66 valence electrons. The molecule has 11 heavy (non-hydrogen) atoms. The maximum atomic E-state index is 3.42. The Bertz CT molecular complexity index is 104. The Morgan fingerprint density at radius 3 is 3.00 bits per heavy atom. The summed E-state index contributed by atoms with van der Waals surface area (Å²) in [6.45, 7) is 5.85. The van der Waals surface area contributed by atoms with Crippen molar-refractivity contribution >= 4 is 0 Å². The molecule has 1 fully saturated rings. The van der Waals surface area contributed by atoms with Crippen LogP contribution in [-0.2, 0) is 0 Å². The van der Waals surface area contributed by atoms with E-state index in [1.54, 1.807) is 0 Å². The van der Waals surface area contributed by atoms with Crippen LogP contribution in [0, 0.1) is 0 Å². The lowest BCUT2D eigenvalue weighted by molar-refractivity contribution is 0.240. The second kappa shape index (κ2) is 4.73. The van der Waals surface area contributed by atoms with Crippen molar-refractivity contribution in [3.63, 3.8) is 0 Å². The van der Waals surface area contributed by atoms with Crippen LogP contribution in [0.15, 0.2) is 0 Å². The van der Waals surface area contributed by atoms with E-state index in [0.29, 0.717) is 0 Å². The molecule has 0 saturated carbocycles. The van der Waals surface area contributed by atoms with Gasteiger partial charge in [-0.05, 0) is 26.4 Å². The standard InChI is InChI=1S/C9H20N2/c1-3-4-9-5-6-10-7-8-11(9)2/h9-10H,3-8H2,1-2H3/t9-/m1/s1. The van der Waals surface area contributed by atoms with Gasteiger partial charge in [-0.3, -0.25) is 0 Å². The molecule has 0 spiro atoms. The molecule has 2 nitrogen and oxygen atoms in total. The van der Waals surface area contributed by atoms with E-state index in [1.807, 2.05) is 0 Å².